The summed E-state index contributed by atoms with van der Waals surface area (Å²) >= 11 is 0. The maximum absolute atomic E-state index is 12.4. The summed E-state index contributed by atoms with van der Waals surface area (Å²) < 4.78 is 11.7. The number of fused-ring (bicyclic) bond motifs is 1. The number of aromatic amines is 1. The van der Waals surface area contributed by atoms with Crippen LogP contribution in [-0.2, 0) is 11.3 Å². The molecule has 0 radical (unpaired) electrons. The van der Waals surface area contributed by atoms with Gasteiger partial charge in [-0.25, -0.2) is 9.78 Å². The molecule has 7 nitrogen and oxygen atoms in total. The van der Waals surface area contributed by atoms with Crippen molar-refractivity contribution in [3.63, 3.8) is 0 Å². The van der Waals surface area contributed by atoms with E-state index in [0.29, 0.717) is 35.5 Å². The van der Waals surface area contributed by atoms with Gasteiger partial charge in [0.15, 0.2) is 0 Å². The van der Waals surface area contributed by atoms with E-state index in [0.717, 1.165) is 5.56 Å². The molecule has 0 aliphatic carbocycles. The predicted octanol–water partition coefficient (Wildman–Crippen LogP) is 1.41. The van der Waals surface area contributed by atoms with Gasteiger partial charge in [0.25, 0.3) is 5.56 Å². The van der Waals surface area contributed by atoms with Crippen LogP contribution < -0.4 is 16.0 Å². The molecule has 0 aliphatic heterocycles. The van der Waals surface area contributed by atoms with Crippen LogP contribution in [0, 0.1) is 0 Å². The summed E-state index contributed by atoms with van der Waals surface area (Å²) in [6, 6.07) is 9.12. The molecule has 0 atom stereocenters. The third kappa shape index (κ3) is 2.81. The molecule has 2 aromatic heterocycles. The Morgan fingerprint density at radius 3 is 2.79 bits per heavy atom. The third-order valence-corrected chi connectivity index (χ3v) is 3.78. The first-order valence-corrected chi connectivity index (χ1v) is 7.41. The second-order valence-electron chi connectivity index (χ2n) is 5.19. The monoisotopic (exact) mass is 327 g/mol. The van der Waals surface area contributed by atoms with Crippen molar-refractivity contribution in [2.24, 2.45) is 0 Å². The molecule has 0 unspecified atom stereocenters. The number of benzene rings is 1. The Morgan fingerprint density at radius 2 is 2.04 bits per heavy atom. The highest BCUT2D eigenvalue weighted by Gasteiger charge is 2.14. The van der Waals surface area contributed by atoms with E-state index < -0.39 is 11.2 Å². The maximum Gasteiger partial charge on any atom is 0.330 e. The van der Waals surface area contributed by atoms with Crippen LogP contribution in [0.2, 0.25) is 0 Å². The topological polar surface area (TPSA) is 86.2 Å². The first-order chi connectivity index (χ1) is 11.7. The summed E-state index contributed by atoms with van der Waals surface area (Å²) in [5, 5.41) is 0.362. The normalized spacial score (nSPS) is 10.9. The van der Waals surface area contributed by atoms with E-state index in [4.69, 9.17) is 9.47 Å². The Hall–Kier alpha value is -2.93. The van der Waals surface area contributed by atoms with Gasteiger partial charge in [-0.2, -0.15) is 0 Å². The lowest BCUT2D eigenvalue weighted by Gasteiger charge is -2.11. The zero-order valence-electron chi connectivity index (χ0n) is 13.4. The SMILES string of the molecule is COCCn1c(=O)[nH]c(=O)c2c(-c3cccc(OC)c3)ccnc21. The molecule has 2 heterocycles. The molecule has 1 aromatic carbocycles. The maximum atomic E-state index is 12.4. The number of hydrogen-bond acceptors (Lipinski definition) is 5. The van der Waals surface area contributed by atoms with Crippen molar-refractivity contribution in [2.75, 3.05) is 20.8 Å². The van der Waals surface area contributed by atoms with Gasteiger partial charge in [-0.05, 0) is 29.3 Å². The van der Waals surface area contributed by atoms with Crippen molar-refractivity contribution in [1.29, 1.82) is 0 Å². The third-order valence-electron chi connectivity index (χ3n) is 3.78. The molecule has 0 spiro atoms. The minimum Gasteiger partial charge on any atom is -0.497 e. The fraction of sp³-hybridized carbons (Fsp3) is 0.235. The standard InChI is InChI=1S/C17H17N3O4/c1-23-9-8-20-15-14(16(21)19-17(20)22)13(6-7-18-15)11-4-3-5-12(10-11)24-2/h3-7,10H,8-9H2,1-2H3,(H,19,21,22). The van der Waals surface area contributed by atoms with Gasteiger partial charge in [-0.1, -0.05) is 12.1 Å². The molecular weight excluding hydrogens is 310 g/mol. The quantitative estimate of drug-likeness (QED) is 0.765. The van der Waals surface area contributed by atoms with Crippen molar-refractivity contribution < 1.29 is 9.47 Å². The van der Waals surface area contributed by atoms with Crippen LogP contribution in [0.1, 0.15) is 0 Å². The van der Waals surface area contributed by atoms with E-state index in [1.807, 2.05) is 24.3 Å². The molecule has 124 valence electrons. The number of methoxy groups -OCH3 is 2. The Labute approximate surface area is 137 Å². The first kappa shape index (κ1) is 15.9. The van der Waals surface area contributed by atoms with Crippen molar-refractivity contribution in [3.8, 4) is 16.9 Å². The summed E-state index contributed by atoms with van der Waals surface area (Å²) in [5.41, 5.74) is 0.867. The van der Waals surface area contributed by atoms with Crippen LogP contribution in [-0.4, -0.2) is 35.4 Å². The van der Waals surface area contributed by atoms with E-state index in [9.17, 15) is 9.59 Å². The molecule has 3 aromatic rings. The van der Waals surface area contributed by atoms with Gasteiger partial charge in [-0.15, -0.1) is 0 Å². The van der Waals surface area contributed by atoms with Crippen molar-refractivity contribution in [2.45, 2.75) is 6.54 Å². The summed E-state index contributed by atoms with van der Waals surface area (Å²) in [6.07, 6.45) is 1.58. The minimum atomic E-state index is -0.500. The molecular formula is C17H17N3O4. The lowest BCUT2D eigenvalue weighted by atomic mass is 10.0. The highest BCUT2D eigenvalue weighted by Crippen LogP contribution is 2.27. The van der Waals surface area contributed by atoms with E-state index in [-0.39, 0.29) is 0 Å². The Morgan fingerprint density at radius 1 is 1.21 bits per heavy atom. The number of pyridine rings is 1. The summed E-state index contributed by atoms with van der Waals surface area (Å²) in [7, 11) is 3.13. The molecule has 0 saturated heterocycles. The number of H-pyrrole nitrogens is 1. The van der Waals surface area contributed by atoms with Crippen LogP contribution in [0.5, 0.6) is 5.75 Å². The average Bonchev–Trinajstić information content (AvgIpc) is 2.61. The van der Waals surface area contributed by atoms with Gasteiger partial charge < -0.3 is 9.47 Å². The Kier molecular flexibility index (Phi) is 4.43. The smallest absolute Gasteiger partial charge is 0.330 e. The van der Waals surface area contributed by atoms with E-state index in [1.54, 1.807) is 26.5 Å². The lowest BCUT2D eigenvalue weighted by Crippen LogP contribution is -2.32. The molecule has 3 rings (SSSR count). The largest absolute Gasteiger partial charge is 0.497 e. The molecule has 1 N–H and O–H groups in total. The van der Waals surface area contributed by atoms with Gasteiger partial charge in [0, 0.05) is 13.3 Å². The van der Waals surface area contributed by atoms with Crippen LogP contribution in [0.4, 0.5) is 0 Å². The van der Waals surface area contributed by atoms with Gasteiger partial charge >= 0.3 is 5.69 Å². The minimum absolute atomic E-state index is 0.303. The molecule has 0 aliphatic rings. The summed E-state index contributed by atoms with van der Waals surface area (Å²) in [4.78, 5) is 31.1. The van der Waals surface area contributed by atoms with Gasteiger partial charge in [0.2, 0.25) is 0 Å². The number of aromatic nitrogens is 3. The highest BCUT2D eigenvalue weighted by molar-refractivity contribution is 5.92. The molecule has 0 saturated carbocycles. The number of ether oxygens (including phenoxy) is 2. The van der Waals surface area contributed by atoms with E-state index in [1.165, 1.54) is 4.57 Å². The predicted molar refractivity (Wildman–Crippen MR) is 90.5 cm³/mol. The van der Waals surface area contributed by atoms with Crippen LogP contribution in [0.25, 0.3) is 22.2 Å². The zero-order valence-corrected chi connectivity index (χ0v) is 13.4. The number of nitrogens with one attached hydrogen (secondary N) is 1. The van der Waals surface area contributed by atoms with Crippen LogP contribution in [0.3, 0.4) is 0 Å². The van der Waals surface area contributed by atoms with Gasteiger partial charge in [-0.3, -0.25) is 14.3 Å². The molecule has 0 fully saturated rings. The van der Waals surface area contributed by atoms with Crippen molar-refractivity contribution in [3.05, 3.63) is 57.4 Å². The van der Waals surface area contributed by atoms with Gasteiger partial charge in [0.05, 0.1) is 25.6 Å². The Balaban J connectivity index is 2.30. The van der Waals surface area contributed by atoms with Gasteiger partial charge in [0.1, 0.15) is 11.4 Å². The first-order valence-electron chi connectivity index (χ1n) is 7.41. The van der Waals surface area contributed by atoms with Crippen LogP contribution in [0.15, 0.2) is 46.1 Å². The summed E-state index contributed by atoms with van der Waals surface area (Å²) in [6.45, 7) is 0.642. The fourth-order valence-corrected chi connectivity index (χ4v) is 2.62. The molecule has 24 heavy (non-hydrogen) atoms. The highest BCUT2D eigenvalue weighted by atomic mass is 16.5. The second kappa shape index (κ2) is 6.67. The van der Waals surface area contributed by atoms with Crippen molar-refractivity contribution in [1.82, 2.24) is 14.5 Å². The average molecular weight is 327 g/mol. The number of nitrogens with zero attached hydrogens (tertiary/aromatic N) is 2. The van der Waals surface area contributed by atoms with Crippen LogP contribution >= 0.6 is 0 Å². The molecule has 0 amide bonds. The van der Waals surface area contributed by atoms with E-state index >= 15 is 0 Å². The van der Waals surface area contributed by atoms with E-state index in [2.05, 4.69) is 9.97 Å². The second-order valence-corrected chi connectivity index (χ2v) is 5.19. The van der Waals surface area contributed by atoms with Crippen molar-refractivity contribution >= 4 is 11.0 Å². The number of hydrogen-bond donors (Lipinski definition) is 1. The molecule has 0 bridgehead atoms. The Bertz CT molecular complexity index is 991. The summed E-state index contributed by atoms with van der Waals surface area (Å²) in [5.74, 6) is 0.682. The number of rotatable bonds is 5. The molecule has 7 heteroatoms. The lowest BCUT2D eigenvalue weighted by molar-refractivity contribution is 0.187. The fourth-order valence-electron chi connectivity index (χ4n) is 2.62. The zero-order chi connectivity index (χ0) is 17.1.